The first-order valence-corrected chi connectivity index (χ1v) is 12.0. The van der Waals surface area contributed by atoms with Gasteiger partial charge in [0, 0.05) is 50.7 Å². The zero-order valence-electron chi connectivity index (χ0n) is 20.6. The van der Waals surface area contributed by atoms with Crippen molar-refractivity contribution in [3.63, 3.8) is 0 Å². The average Bonchev–Trinajstić information content (AvgIpc) is 2.87. The molecule has 1 saturated heterocycles. The van der Waals surface area contributed by atoms with Crippen LogP contribution in [0.3, 0.4) is 0 Å². The Hall–Kier alpha value is -3.75. The van der Waals surface area contributed by atoms with Gasteiger partial charge in [-0.15, -0.1) is 10.2 Å². The lowest BCUT2D eigenvalue weighted by Crippen LogP contribution is -2.47. The quantitative estimate of drug-likeness (QED) is 0.398. The Kier molecular flexibility index (Phi) is 12.6. The van der Waals surface area contributed by atoms with Crippen LogP contribution in [0.4, 0.5) is 16.6 Å². The Morgan fingerprint density at radius 3 is 2.18 bits per heavy atom. The number of aryl methyl sites for hydroxylation is 1. The molecule has 1 fully saturated rings. The predicted octanol–water partition coefficient (Wildman–Crippen LogP) is 5.63. The van der Waals surface area contributed by atoms with E-state index in [4.69, 9.17) is 4.74 Å². The molecule has 0 saturated carbocycles. The van der Waals surface area contributed by atoms with Crippen molar-refractivity contribution in [2.45, 2.75) is 61.5 Å². The maximum Gasteiger partial charge on any atom is 0.407 e. The molecule has 3 aromatic rings. The van der Waals surface area contributed by atoms with Crippen molar-refractivity contribution in [1.29, 1.82) is 0 Å². The van der Waals surface area contributed by atoms with Crippen molar-refractivity contribution in [2.75, 3.05) is 42.5 Å². The largest absolute Gasteiger partial charge is 0.444 e. The standard InChI is InChI=1S/C26H33N7O2.3CH4/c1-26(2,3)35-25(34)29-12-7-11-21-19-22(20-9-5-4-6-10-20)30-31-23(21)32-15-17-33(18-16-32)24-27-13-8-14-28-24;;;/h4-6,8-10,13-14,19H,7,11-12,15-18H2,1-3H3,(H,29,34);3*1H4. The first-order chi connectivity index (χ1) is 16.9. The predicted molar refractivity (Wildman–Crippen MR) is 157 cm³/mol. The van der Waals surface area contributed by atoms with Crippen LogP contribution in [0.5, 0.6) is 0 Å². The monoisotopic (exact) mass is 523 g/mol. The van der Waals surface area contributed by atoms with Gasteiger partial charge in [0.15, 0.2) is 5.82 Å². The maximum absolute atomic E-state index is 12.0. The number of amides is 1. The Morgan fingerprint density at radius 1 is 0.921 bits per heavy atom. The van der Waals surface area contributed by atoms with Crippen LogP contribution in [0.25, 0.3) is 11.3 Å². The molecule has 0 aliphatic carbocycles. The number of piperazine rings is 1. The number of rotatable bonds is 7. The molecule has 3 heterocycles. The van der Waals surface area contributed by atoms with Crippen molar-refractivity contribution in [3.05, 3.63) is 60.4 Å². The maximum atomic E-state index is 12.0. The Balaban J connectivity index is 0.00000241. The number of benzene rings is 1. The van der Waals surface area contributed by atoms with Crippen molar-refractivity contribution in [1.82, 2.24) is 25.5 Å². The van der Waals surface area contributed by atoms with Gasteiger partial charge in [-0.2, -0.15) is 0 Å². The molecule has 0 radical (unpaired) electrons. The second-order valence-corrected chi connectivity index (χ2v) is 9.50. The van der Waals surface area contributed by atoms with E-state index in [2.05, 4.69) is 41.3 Å². The number of nitrogens with one attached hydrogen (secondary N) is 1. The molecule has 0 atom stereocenters. The van der Waals surface area contributed by atoms with Crippen molar-refractivity contribution < 1.29 is 9.53 Å². The second kappa shape index (κ2) is 14.9. The molecular formula is C29H45N7O2. The zero-order chi connectivity index (χ0) is 24.7. The second-order valence-electron chi connectivity index (χ2n) is 9.50. The number of carbonyl (C=O) groups excluding carboxylic acids is 1. The molecule has 38 heavy (non-hydrogen) atoms. The van der Waals surface area contributed by atoms with Gasteiger partial charge < -0.3 is 19.9 Å². The summed E-state index contributed by atoms with van der Waals surface area (Å²) in [6, 6.07) is 14.0. The van der Waals surface area contributed by atoms with E-state index in [-0.39, 0.29) is 22.3 Å². The number of alkyl carbamates (subject to hydrolysis) is 1. The number of aromatic nitrogens is 4. The Morgan fingerprint density at radius 2 is 1.55 bits per heavy atom. The van der Waals surface area contributed by atoms with Gasteiger partial charge in [-0.3, -0.25) is 0 Å². The van der Waals surface area contributed by atoms with Gasteiger partial charge in [0.25, 0.3) is 0 Å². The van der Waals surface area contributed by atoms with E-state index in [1.54, 1.807) is 12.4 Å². The third-order valence-electron chi connectivity index (χ3n) is 5.63. The van der Waals surface area contributed by atoms with Crippen LogP contribution in [0, 0.1) is 0 Å². The van der Waals surface area contributed by atoms with E-state index < -0.39 is 11.7 Å². The summed E-state index contributed by atoms with van der Waals surface area (Å²) in [5, 5.41) is 12.0. The molecule has 2 aromatic heterocycles. The Bertz CT molecular complexity index is 1100. The lowest BCUT2D eigenvalue weighted by Gasteiger charge is -2.36. The SMILES string of the molecule is C.C.C.CC(C)(C)OC(=O)NCCCc1cc(-c2ccccc2)nnc1N1CCN(c2ncccn2)CC1. The van der Waals surface area contributed by atoms with Crippen molar-refractivity contribution in [3.8, 4) is 11.3 Å². The van der Waals surface area contributed by atoms with E-state index in [0.717, 1.165) is 67.6 Å². The average molecular weight is 524 g/mol. The molecule has 9 heteroatoms. The summed E-state index contributed by atoms with van der Waals surface area (Å²) in [6.07, 6.45) is 4.68. The summed E-state index contributed by atoms with van der Waals surface area (Å²) < 4.78 is 5.34. The minimum atomic E-state index is -0.510. The number of carbonyl (C=O) groups is 1. The molecule has 1 N–H and O–H groups in total. The lowest BCUT2D eigenvalue weighted by atomic mass is 10.1. The number of ether oxygens (including phenoxy) is 1. The fourth-order valence-corrected chi connectivity index (χ4v) is 3.98. The van der Waals surface area contributed by atoms with E-state index >= 15 is 0 Å². The van der Waals surface area contributed by atoms with Crippen LogP contribution in [-0.2, 0) is 11.2 Å². The third kappa shape index (κ3) is 8.97. The summed E-state index contributed by atoms with van der Waals surface area (Å²) in [5.74, 6) is 1.65. The molecule has 208 valence electrons. The van der Waals surface area contributed by atoms with Crippen LogP contribution in [0.1, 0.15) is 55.0 Å². The summed E-state index contributed by atoms with van der Waals surface area (Å²) in [4.78, 5) is 25.2. The minimum absolute atomic E-state index is 0. The molecular weight excluding hydrogens is 478 g/mol. The van der Waals surface area contributed by atoms with E-state index in [0.29, 0.717) is 6.54 Å². The number of hydrogen-bond donors (Lipinski definition) is 1. The first kappa shape index (κ1) is 32.3. The van der Waals surface area contributed by atoms with Crippen LogP contribution in [-0.4, -0.2) is 64.6 Å². The van der Waals surface area contributed by atoms with Gasteiger partial charge in [0.05, 0.1) is 5.69 Å². The van der Waals surface area contributed by atoms with E-state index in [9.17, 15) is 4.79 Å². The number of hydrogen-bond acceptors (Lipinski definition) is 8. The highest BCUT2D eigenvalue weighted by molar-refractivity contribution is 5.67. The molecule has 1 amide bonds. The van der Waals surface area contributed by atoms with Crippen LogP contribution < -0.4 is 15.1 Å². The molecule has 0 spiro atoms. The van der Waals surface area contributed by atoms with Gasteiger partial charge in [-0.05, 0) is 51.3 Å². The van der Waals surface area contributed by atoms with Gasteiger partial charge in [-0.1, -0.05) is 52.6 Å². The summed E-state index contributed by atoms with van der Waals surface area (Å²) in [6.45, 7) is 9.33. The summed E-state index contributed by atoms with van der Waals surface area (Å²) in [7, 11) is 0. The number of anilines is 2. The molecule has 4 rings (SSSR count). The highest BCUT2D eigenvalue weighted by Crippen LogP contribution is 2.25. The fourth-order valence-electron chi connectivity index (χ4n) is 3.98. The molecule has 1 aromatic carbocycles. The third-order valence-corrected chi connectivity index (χ3v) is 5.63. The van der Waals surface area contributed by atoms with E-state index in [1.807, 2.05) is 57.2 Å². The van der Waals surface area contributed by atoms with Gasteiger partial charge in [-0.25, -0.2) is 14.8 Å². The van der Waals surface area contributed by atoms with Crippen molar-refractivity contribution in [2.24, 2.45) is 0 Å². The smallest absolute Gasteiger partial charge is 0.407 e. The van der Waals surface area contributed by atoms with Crippen molar-refractivity contribution >= 4 is 17.9 Å². The van der Waals surface area contributed by atoms with Gasteiger partial charge in [0.2, 0.25) is 5.95 Å². The topological polar surface area (TPSA) is 96.4 Å². The lowest BCUT2D eigenvalue weighted by molar-refractivity contribution is 0.0527. The van der Waals surface area contributed by atoms with Crippen LogP contribution in [0.2, 0.25) is 0 Å². The zero-order valence-corrected chi connectivity index (χ0v) is 20.6. The number of nitrogens with zero attached hydrogens (tertiary/aromatic N) is 6. The fraction of sp³-hybridized carbons (Fsp3) is 0.483. The summed E-state index contributed by atoms with van der Waals surface area (Å²) >= 11 is 0. The first-order valence-electron chi connectivity index (χ1n) is 12.0. The normalized spacial score (nSPS) is 12.9. The highest BCUT2D eigenvalue weighted by atomic mass is 16.6. The molecule has 1 aliphatic rings. The van der Waals surface area contributed by atoms with Gasteiger partial charge in [0.1, 0.15) is 5.60 Å². The van der Waals surface area contributed by atoms with Crippen LogP contribution >= 0.6 is 0 Å². The minimum Gasteiger partial charge on any atom is -0.444 e. The highest BCUT2D eigenvalue weighted by Gasteiger charge is 2.23. The van der Waals surface area contributed by atoms with Gasteiger partial charge >= 0.3 is 6.09 Å². The Labute approximate surface area is 228 Å². The van der Waals surface area contributed by atoms with Crippen LogP contribution in [0.15, 0.2) is 54.9 Å². The molecule has 1 aliphatic heterocycles. The molecule has 0 bridgehead atoms. The molecule has 9 nitrogen and oxygen atoms in total. The summed E-state index contributed by atoms with van der Waals surface area (Å²) in [5.41, 5.74) is 2.49. The molecule has 0 unspecified atom stereocenters. The van der Waals surface area contributed by atoms with E-state index in [1.165, 1.54) is 0 Å².